The van der Waals surface area contributed by atoms with Crippen LogP contribution in [0.4, 0.5) is 0 Å². The van der Waals surface area contributed by atoms with Crippen molar-refractivity contribution in [2.75, 3.05) is 27.4 Å². The average molecular weight is 189 g/mol. The number of aliphatic hydroxyl groups is 1. The van der Waals surface area contributed by atoms with E-state index in [2.05, 4.69) is 5.32 Å². The number of nitrogens with one attached hydrogen (secondary N) is 1. The Morgan fingerprint density at radius 2 is 2.15 bits per heavy atom. The zero-order chi connectivity index (χ0) is 9.68. The molecule has 1 aliphatic rings. The monoisotopic (exact) mass is 189 g/mol. The van der Waals surface area contributed by atoms with Gasteiger partial charge in [0.05, 0.1) is 6.61 Å². The summed E-state index contributed by atoms with van der Waals surface area (Å²) in [5.41, 5.74) is 0. The van der Waals surface area contributed by atoms with Crippen LogP contribution in [0.2, 0.25) is 0 Å². The Hall–Kier alpha value is -0.160. The van der Waals surface area contributed by atoms with Crippen molar-refractivity contribution in [2.45, 2.75) is 25.2 Å². The highest BCUT2D eigenvalue weighted by Gasteiger charge is 2.25. The molecular weight excluding hydrogens is 170 g/mol. The minimum atomic E-state index is -0.107. The lowest BCUT2D eigenvalue weighted by Gasteiger charge is -2.16. The van der Waals surface area contributed by atoms with Gasteiger partial charge in [-0.3, -0.25) is 0 Å². The maximum atomic E-state index is 8.91. The molecule has 2 atom stereocenters. The van der Waals surface area contributed by atoms with Crippen LogP contribution in [0.5, 0.6) is 0 Å². The van der Waals surface area contributed by atoms with E-state index in [0.717, 1.165) is 19.4 Å². The molecule has 2 N–H and O–H groups in total. The lowest BCUT2D eigenvalue weighted by molar-refractivity contribution is -0.113. The Kier molecular flexibility index (Phi) is 4.66. The van der Waals surface area contributed by atoms with Crippen LogP contribution in [-0.4, -0.2) is 44.8 Å². The zero-order valence-electron chi connectivity index (χ0n) is 8.32. The predicted octanol–water partition coefficient (Wildman–Crippen LogP) is -0.0342. The number of ether oxygens (including phenoxy) is 2. The second-order valence-electron chi connectivity index (χ2n) is 3.53. The normalized spacial score (nSPS) is 28.6. The molecule has 0 aliphatic carbocycles. The predicted molar refractivity (Wildman–Crippen MR) is 49.4 cm³/mol. The summed E-state index contributed by atoms with van der Waals surface area (Å²) in [6, 6.07) is 0.263. The smallest absolute Gasteiger partial charge is 0.157 e. The molecule has 13 heavy (non-hydrogen) atoms. The van der Waals surface area contributed by atoms with Gasteiger partial charge in [0.1, 0.15) is 0 Å². The van der Waals surface area contributed by atoms with Crippen LogP contribution in [0.15, 0.2) is 0 Å². The largest absolute Gasteiger partial charge is 0.395 e. The zero-order valence-corrected chi connectivity index (χ0v) is 8.32. The third kappa shape index (κ3) is 3.23. The Labute approximate surface area is 79.2 Å². The fraction of sp³-hybridized carbons (Fsp3) is 1.00. The highest BCUT2D eigenvalue weighted by Crippen LogP contribution is 2.20. The lowest BCUT2D eigenvalue weighted by Crippen LogP contribution is -2.24. The topological polar surface area (TPSA) is 50.7 Å². The van der Waals surface area contributed by atoms with Gasteiger partial charge in [-0.2, -0.15) is 0 Å². The van der Waals surface area contributed by atoms with Gasteiger partial charge >= 0.3 is 0 Å². The molecule has 78 valence electrons. The minimum absolute atomic E-state index is 0.107. The molecule has 0 bridgehead atoms. The second kappa shape index (κ2) is 5.54. The Morgan fingerprint density at radius 1 is 1.46 bits per heavy atom. The van der Waals surface area contributed by atoms with Crippen LogP contribution in [0.25, 0.3) is 0 Å². The van der Waals surface area contributed by atoms with E-state index in [0.29, 0.717) is 5.92 Å². The first-order chi connectivity index (χ1) is 6.30. The van der Waals surface area contributed by atoms with Crippen LogP contribution in [0.1, 0.15) is 12.8 Å². The van der Waals surface area contributed by atoms with E-state index >= 15 is 0 Å². The molecule has 0 saturated carbocycles. The van der Waals surface area contributed by atoms with Crippen LogP contribution >= 0.6 is 0 Å². The maximum absolute atomic E-state index is 8.91. The molecule has 0 aromatic rings. The van der Waals surface area contributed by atoms with Crippen LogP contribution < -0.4 is 5.32 Å². The molecule has 1 aliphatic heterocycles. The SMILES string of the molecule is COC(C[C@@H]1CN[C@H](CO)C1)OC. The van der Waals surface area contributed by atoms with Crippen molar-refractivity contribution in [1.29, 1.82) is 0 Å². The van der Waals surface area contributed by atoms with E-state index < -0.39 is 0 Å². The Bertz CT molecular complexity index is 139. The number of hydrogen-bond acceptors (Lipinski definition) is 4. The second-order valence-corrected chi connectivity index (χ2v) is 3.53. The summed E-state index contributed by atoms with van der Waals surface area (Å²) in [5.74, 6) is 0.557. The molecule has 0 aromatic heterocycles. The number of rotatable bonds is 5. The molecule has 1 heterocycles. The highest BCUT2D eigenvalue weighted by atomic mass is 16.7. The molecule has 1 saturated heterocycles. The van der Waals surface area contributed by atoms with Gasteiger partial charge in [0.15, 0.2) is 6.29 Å². The molecular formula is C9H19NO3. The van der Waals surface area contributed by atoms with Crippen molar-refractivity contribution in [3.8, 4) is 0 Å². The molecule has 4 nitrogen and oxygen atoms in total. The fourth-order valence-corrected chi connectivity index (χ4v) is 1.78. The Balaban J connectivity index is 2.22. The highest BCUT2D eigenvalue weighted by molar-refractivity contribution is 4.81. The van der Waals surface area contributed by atoms with Crippen molar-refractivity contribution in [2.24, 2.45) is 5.92 Å². The molecule has 1 fully saturated rings. The third-order valence-corrected chi connectivity index (χ3v) is 2.59. The van der Waals surface area contributed by atoms with Gasteiger partial charge in [-0.15, -0.1) is 0 Å². The first-order valence-electron chi connectivity index (χ1n) is 4.70. The maximum Gasteiger partial charge on any atom is 0.157 e. The summed E-state index contributed by atoms with van der Waals surface area (Å²) in [6.07, 6.45) is 1.81. The number of aliphatic hydroxyl groups excluding tert-OH is 1. The van der Waals surface area contributed by atoms with Gasteiger partial charge in [0.25, 0.3) is 0 Å². The van der Waals surface area contributed by atoms with Gasteiger partial charge in [-0.25, -0.2) is 0 Å². The van der Waals surface area contributed by atoms with Gasteiger partial charge in [0.2, 0.25) is 0 Å². The summed E-state index contributed by atoms with van der Waals surface area (Å²) in [4.78, 5) is 0. The fourth-order valence-electron chi connectivity index (χ4n) is 1.78. The number of hydrogen-bond donors (Lipinski definition) is 2. The number of methoxy groups -OCH3 is 2. The van der Waals surface area contributed by atoms with Crippen molar-refractivity contribution in [3.63, 3.8) is 0 Å². The summed E-state index contributed by atoms with van der Waals surface area (Å²) in [7, 11) is 3.31. The summed E-state index contributed by atoms with van der Waals surface area (Å²) < 4.78 is 10.2. The van der Waals surface area contributed by atoms with Gasteiger partial charge in [-0.05, 0) is 18.9 Å². The standard InChI is InChI=1S/C9H19NO3/c1-12-9(13-2)4-7-3-8(6-11)10-5-7/h7-11H,3-6H2,1-2H3/t7-,8+/m1/s1. The van der Waals surface area contributed by atoms with Crippen molar-refractivity contribution in [1.82, 2.24) is 5.32 Å². The molecule has 1 rings (SSSR count). The lowest BCUT2D eigenvalue weighted by atomic mass is 10.0. The molecule has 0 aromatic carbocycles. The van der Waals surface area contributed by atoms with Crippen LogP contribution in [-0.2, 0) is 9.47 Å². The molecule has 0 spiro atoms. The summed E-state index contributed by atoms with van der Waals surface area (Å²) in [5, 5.41) is 12.2. The minimum Gasteiger partial charge on any atom is -0.395 e. The molecule has 0 unspecified atom stereocenters. The van der Waals surface area contributed by atoms with E-state index in [4.69, 9.17) is 14.6 Å². The van der Waals surface area contributed by atoms with E-state index in [1.165, 1.54) is 0 Å². The van der Waals surface area contributed by atoms with Crippen LogP contribution in [0.3, 0.4) is 0 Å². The quantitative estimate of drug-likeness (QED) is 0.596. The molecule has 4 heteroatoms. The first-order valence-corrected chi connectivity index (χ1v) is 4.70. The molecule has 0 radical (unpaired) electrons. The van der Waals surface area contributed by atoms with Crippen molar-refractivity contribution >= 4 is 0 Å². The van der Waals surface area contributed by atoms with Gasteiger partial charge in [-0.1, -0.05) is 0 Å². The molecule has 0 amide bonds. The average Bonchev–Trinajstić information content (AvgIpc) is 2.61. The Morgan fingerprint density at radius 3 is 2.62 bits per heavy atom. The third-order valence-electron chi connectivity index (χ3n) is 2.59. The first kappa shape index (κ1) is 10.9. The summed E-state index contributed by atoms with van der Waals surface area (Å²) >= 11 is 0. The van der Waals surface area contributed by atoms with Crippen molar-refractivity contribution in [3.05, 3.63) is 0 Å². The van der Waals surface area contributed by atoms with Gasteiger partial charge in [0, 0.05) is 26.7 Å². The van der Waals surface area contributed by atoms with E-state index in [-0.39, 0.29) is 18.9 Å². The summed E-state index contributed by atoms with van der Waals surface area (Å²) in [6.45, 7) is 1.18. The van der Waals surface area contributed by atoms with E-state index in [1.54, 1.807) is 14.2 Å². The van der Waals surface area contributed by atoms with Crippen LogP contribution in [0, 0.1) is 5.92 Å². The van der Waals surface area contributed by atoms with E-state index in [9.17, 15) is 0 Å². The van der Waals surface area contributed by atoms with E-state index in [1.807, 2.05) is 0 Å². The van der Waals surface area contributed by atoms with Crippen molar-refractivity contribution < 1.29 is 14.6 Å². The van der Waals surface area contributed by atoms with Gasteiger partial charge < -0.3 is 19.9 Å².